The van der Waals surface area contributed by atoms with Gasteiger partial charge in [0.2, 0.25) is 5.82 Å². The zero-order valence-electron chi connectivity index (χ0n) is 22.2. The molecule has 0 radical (unpaired) electrons. The Morgan fingerprint density at radius 3 is 2.40 bits per heavy atom. The van der Waals surface area contributed by atoms with E-state index in [0.717, 1.165) is 35.9 Å². The minimum Gasteiger partial charge on any atom is -0.382 e. The second kappa shape index (κ2) is 9.36. The van der Waals surface area contributed by atoms with Crippen molar-refractivity contribution in [1.29, 1.82) is 0 Å². The van der Waals surface area contributed by atoms with Crippen LogP contribution in [0, 0.1) is 0 Å². The van der Waals surface area contributed by atoms with Crippen LogP contribution in [0.2, 0.25) is 0 Å². The Kier molecular flexibility index (Phi) is 5.88. The molecule has 1 amide bonds. The summed E-state index contributed by atoms with van der Waals surface area (Å²) in [5.74, 6) is 0.414. The number of carbonyl (C=O) groups excluding carboxylic acids is 1. The minimum absolute atomic E-state index is 0.0174. The van der Waals surface area contributed by atoms with E-state index in [1.165, 1.54) is 36.5 Å². The van der Waals surface area contributed by atoms with Crippen molar-refractivity contribution in [3.63, 3.8) is 0 Å². The summed E-state index contributed by atoms with van der Waals surface area (Å²) in [5.41, 5.74) is 10.2. The molecule has 3 N–H and O–H groups in total. The molecule has 0 aromatic carbocycles. The van der Waals surface area contributed by atoms with Crippen LogP contribution in [0.5, 0.6) is 0 Å². The van der Waals surface area contributed by atoms with Crippen LogP contribution in [0.4, 0.5) is 5.82 Å². The van der Waals surface area contributed by atoms with Gasteiger partial charge >= 0.3 is 0 Å². The highest BCUT2D eigenvalue weighted by Crippen LogP contribution is 2.45. The van der Waals surface area contributed by atoms with Gasteiger partial charge in [0.05, 0.1) is 11.9 Å². The molecule has 40 heavy (non-hydrogen) atoms. The predicted molar refractivity (Wildman–Crippen MR) is 146 cm³/mol. The standard InChI is InChI=1S/C27H31N9O3S/c1-40(38,39)23-22(17-10-18-7-8-19(11-17)35(18)27(37)25-30-14-31-34-25)33-26-20(13-32-36(26)24(23)28)16-6-9-21(29-12-16)15-4-2-3-5-15/h6,9,12-15,17-19H,2-5,7-8,10-11,28H2,1H3,(H,30,31,34)/t17?,18-,19+. The van der Waals surface area contributed by atoms with Crippen molar-refractivity contribution in [2.45, 2.75) is 80.2 Å². The van der Waals surface area contributed by atoms with Gasteiger partial charge in [-0.05, 0) is 44.6 Å². The van der Waals surface area contributed by atoms with Crippen molar-refractivity contribution in [2.75, 3.05) is 12.0 Å². The number of anilines is 1. The predicted octanol–water partition coefficient (Wildman–Crippen LogP) is 3.10. The number of amides is 1. The molecule has 1 unspecified atom stereocenters. The monoisotopic (exact) mass is 561 g/mol. The van der Waals surface area contributed by atoms with E-state index < -0.39 is 9.84 Å². The Morgan fingerprint density at radius 1 is 1.02 bits per heavy atom. The Morgan fingerprint density at radius 2 is 1.77 bits per heavy atom. The Labute approximate surface area is 231 Å². The first-order chi connectivity index (χ1) is 19.3. The van der Waals surface area contributed by atoms with Crippen LogP contribution in [0.3, 0.4) is 0 Å². The number of nitrogen functional groups attached to an aromatic ring is 1. The second-order valence-corrected chi connectivity index (χ2v) is 13.3. The number of fused-ring (bicyclic) bond motifs is 3. The number of aromatic nitrogens is 7. The fraction of sp³-hybridized carbons (Fsp3) is 0.481. The summed E-state index contributed by atoms with van der Waals surface area (Å²) in [6.45, 7) is 0. The summed E-state index contributed by atoms with van der Waals surface area (Å²) in [7, 11) is -3.72. The highest BCUT2D eigenvalue weighted by molar-refractivity contribution is 7.91. The van der Waals surface area contributed by atoms with E-state index in [1.54, 1.807) is 6.20 Å². The molecule has 7 rings (SSSR count). The smallest absolute Gasteiger partial charge is 0.291 e. The van der Waals surface area contributed by atoms with Crippen LogP contribution in [0.1, 0.15) is 85.2 Å². The first-order valence-corrected chi connectivity index (χ1v) is 15.7. The Bertz CT molecular complexity index is 1680. The van der Waals surface area contributed by atoms with Gasteiger partial charge in [-0.15, -0.1) is 0 Å². The third-order valence-electron chi connectivity index (χ3n) is 8.88. The molecule has 1 aliphatic carbocycles. The number of hydrogen-bond donors (Lipinski definition) is 2. The summed E-state index contributed by atoms with van der Waals surface area (Å²) >= 11 is 0. The lowest BCUT2D eigenvalue weighted by Crippen LogP contribution is -2.46. The van der Waals surface area contributed by atoms with Crippen molar-refractivity contribution in [3.05, 3.63) is 48.1 Å². The number of aromatic amines is 1. The molecule has 208 valence electrons. The van der Waals surface area contributed by atoms with E-state index in [-0.39, 0.29) is 40.4 Å². The highest BCUT2D eigenvalue weighted by Gasteiger charge is 2.46. The van der Waals surface area contributed by atoms with Gasteiger partial charge in [-0.3, -0.25) is 14.9 Å². The molecule has 13 heteroatoms. The number of carbonyl (C=O) groups is 1. The number of piperidine rings is 1. The number of nitrogens with two attached hydrogens (primary N) is 1. The maximum atomic E-state index is 13.1. The van der Waals surface area contributed by atoms with Gasteiger partial charge < -0.3 is 10.6 Å². The van der Waals surface area contributed by atoms with Gasteiger partial charge in [-0.2, -0.15) is 14.7 Å². The number of hydrogen-bond acceptors (Lipinski definition) is 9. The van der Waals surface area contributed by atoms with Gasteiger partial charge in [0, 0.05) is 53.2 Å². The third kappa shape index (κ3) is 4.05. The Hall–Kier alpha value is -3.87. The fourth-order valence-corrected chi connectivity index (χ4v) is 8.13. The minimum atomic E-state index is -3.72. The summed E-state index contributed by atoms with van der Waals surface area (Å²) < 4.78 is 27.5. The third-order valence-corrected chi connectivity index (χ3v) is 10.0. The number of sulfone groups is 1. The summed E-state index contributed by atoms with van der Waals surface area (Å²) in [5, 5.41) is 10.9. The van der Waals surface area contributed by atoms with Crippen molar-refractivity contribution in [3.8, 4) is 11.1 Å². The quantitative estimate of drug-likeness (QED) is 0.372. The van der Waals surface area contributed by atoms with Gasteiger partial charge in [0.1, 0.15) is 17.0 Å². The van der Waals surface area contributed by atoms with Crippen LogP contribution in [-0.4, -0.2) is 72.3 Å². The maximum Gasteiger partial charge on any atom is 0.291 e. The number of H-pyrrole nitrogens is 1. The van der Waals surface area contributed by atoms with Crippen molar-refractivity contribution in [1.82, 2.24) is 39.7 Å². The van der Waals surface area contributed by atoms with Crippen LogP contribution < -0.4 is 5.73 Å². The molecule has 3 atom stereocenters. The molecular formula is C27H31N9O3S. The van der Waals surface area contributed by atoms with Crippen LogP contribution in [-0.2, 0) is 9.84 Å². The number of nitrogens with one attached hydrogen (secondary N) is 1. The van der Waals surface area contributed by atoms with Gasteiger partial charge in [-0.25, -0.2) is 18.4 Å². The lowest BCUT2D eigenvalue weighted by molar-refractivity contribution is 0.0556. The molecule has 3 aliphatic rings. The average Bonchev–Trinajstić information content (AvgIpc) is 3.74. The van der Waals surface area contributed by atoms with E-state index in [4.69, 9.17) is 15.7 Å². The lowest BCUT2D eigenvalue weighted by atomic mass is 9.87. The summed E-state index contributed by atoms with van der Waals surface area (Å²) in [6.07, 6.45) is 13.7. The van der Waals surface area contributed by atoms with E-state index in [1.807, 2.05) is 17.2 Å². The largest absolute Gasteiger partial charge is 0.382 e. The van der Waals surface area contributed by atoms with Crippen LogP contribution in [0.15, 0.2) is 35.7 Å². The zero-order valence-corrected chi connectivity index (χ0v) is 23.0. The molecule has 6 heterocycles. The molecule has 2 aliphatic heterocycles. The maximum absolute atomic E-state index is 13.1. The fourth-order valence-electron chi connectivity index (χ4n) is 7.07. The van der Waals surface area contributed by atoms with E-state index >= 15 is 0 Å². The molecule has 4 aromatic rings. The second-order valence-electron chi connectivity index (χ2n) is 11.3. The number of pyridine rings is 1. The molecule has 2 saturated heterocycles. The van der Waals surface area contributed by atoms with Crippen molar-refractivity contribution in [2.24, 2.45) is 0 Å². The topological polar surface area (TPSA) is 165 Å². The highest BCUT2D eigenvalue weighted by atomic mass is 32.2. The normalized spacial score (nSPS) is 23.3. The van der Waals surface area contributed by atoms with Crippen molar-refractivity contribution >= 4 is 27.2 Å². The van der Waals surface area contributed by atoms with Crippen LogP contribution in [0.25, 0.3) is 16.8 Å². The molecule has 12 nitrogen and oxygen atoms in total. The zero-order chi connectivity index (χ0) is 27.6. The molecule has 2 bridgehead atoms. The van der Waals surface area contributed by atoms with Gasteiger partial charge in [0.25, 0.3) is 5.91 Å². The van der Waals surface area contributed by atoms with E-state index in [9.17, 15) is 13.2 Å². The number of nitrogens with zero attached hydrogens (tertiary/aromatic N) is 7. The summed E-state index contributed by atoms with van der Waals surface area (Å²) in [6, 6.07) is 4.01. The molecule has 0 spiro atoms. The van der Waals surface area contributed by atoms with Crippen LogP contribution >= 0.6 is 0 Å². The van der Waals surface area contributed by atoms with Gasteiger partial charge in [0.15, 0.2) is 15.5 Å². The van der Waals surface area contributed by atoms with E-state index in [2.05, 4.69) is 26.3 Å². The molecule has 3 fully saturated rings. The molecule has 4 aromatic heterocycles. The molecule has 1 saturated carbocycles. The van der Waals surface area contributed by atoms with Crippen molar-refractivity contribution < 1.29 is 13.2 Å². The first-order valence-electron chi connectivity index (χ1n) is 13.8. The summed E-state index contributed by atoms with van der Waals surface area (Å²) in [4.78, 5) is 28.8. The lowest BCUT2D eigenvalue weighted by Gasteiger charge is -2.38. The number of rotatable bonds is 5. The first kappa shape index (κ1) is 25.1. The Balaban J connectivity index is 1.27. The SMILES string of the molecule is CS(=O)(=O)c1c(C2C[C@H]3CC[C@@H](C2)N3C(=O)c2ncn[nH]2)nc2c(-c3ccc(C4CCCC4)nc3)cnn2c1N. The van der Waals surface area contributed by atoms with Gasteiger partial charge in [-0.1, -0.05) is 18.9 Å². The van der Waals surface area contributed by atoms with E-state index in [0.29, 0.717) is 30.1 Å². The average molecular weight is 562 g/mol. The molecular weight excluding hydrogens is 530 g/mol.